The van der Waals surface area contributed by atoms with Gasteiger partial charge in [0.25, 0.3) is 0 Å². The Morgan fingerprint density at radius 2 is 1.97 bits per heavy atom. The highest BCUT2D eigenvalue weighted by molar-refractivity contribution is 7.89. The number of nitrogens with zero attached hydrogens (tertiary/aromatic N) is 2. The van der Waals surface area contributed by atoms with Crippen molar-refractivity contribution in [3.8, 4) is 5.75 Å². The van der Waals surface area contributed by atoms with Gasteiger partial charge in [-0.05, 0) is 50.1 Å². The van der Waals surface area contributed by atoms with E-state index in [0.717, 1.165) is 5.69 Å². The Labute approximate surface area is 177 Å². The maximum Gasteiger partial charge on any atom is 0.246 e. The summed E-state index contributed by atoms with van der Waals surface area (Å²) in [7, 11) is -2.12. The van der Waals surface area contributed by atoms with Gasteiger partial charge in [0.2, 0.25) is 15.9 Å². The molecule has 1 atom stereocenters. The van der Waals surface area contributed by atoms with Crippen LogP contribution in [0.15, 0.2) is 53.4 Å². The molecule has 1 amide bonds. The molecule has 8 heteroatoms. The van der Waals surface area contributed by atoms with Crippen LogP contribution < -0.4 is 9.64 Å². The van der Waals surface area contributed by atoms with Crippen LogP contribution in [0.5, 0.6) is 5.75 Å². The Morgan fingerprint density at radius 3 is 2.66 bits per heavy atom. The maximum atomic E-state index is 13.3. The predicted octanol–water partition coefficient (Wildman–Crippen LogP) is 3.80. The van der Waals surface area contributed by atoms with Crippen molar-refractivity contribution < 1.29 is 17.9 Å². The van der Waals surface area contributed by atoms with Crippen molar-refractivity contribution in [2.75, 3.05) is 31.6 Å². The second-order valence-electron chi connectivity index (χ2n) is 6.96. The highest BCUT2D eigenvalue weighted by atomic mass is 35.5. The molecule has 1 fully saturated rings. The summed E-state index contributed by atoms with van der Waals surface area (Å²) < 4.78 is 33.5. The number of sulfonamides is 1. The van der Waals surface area contributed by atoms with E-state index in [-0.39, 0.29) is 23.1 Å². The fraction of sp³-hybridized carbons (Fsp3) is 0.381. The highest BCUT2D eigenvalue weighted by Crippen LogP contribution is 2.32. The van der Waals surface area contributed by atoms with Crippen LogP contribution in [0.2, 0.25) is 5.02 Å². The molecule has 1 aliphatic heterocycles. The third-order valence-corrected chi connectivity index (χ3v) is 7.15. The Morgan fingerprint density at radius 1 is 1.24 bits per heavy atom. The van der Waals surface area contributed by atoms with Crippen LogP contribution in [0.4, 0.5) is 5.69 Å². The molecule has 1 heterocycles. The molecule has 29 heavy (non-hydrogen) atoms. The minimum absolute atomic E-state index is 0.0383. The number of halogens is 1. The summed E-state index contributed by atoms with van der Waals surface area (Å²) in [6.07, 6.45) is 1.26. The Balaban J connectivity index is 1.83. The lowest BCUT2D eigenvalue weighted by molar-refractivity contribution is -0.123. The zero-order valence-electron chi connectivity index (χ0n) is 16.5. The molecule has 0 spiro atoms. The molecule has 156 valence electrons. The summed E-state index contributed by atoms with van der Waals surface area (Å²) in [5.74, 6) is -0.225. The molecule has 0 aliphatic carbocycles. The first-order valence-electron chi connectivity index (χ1n) is 9.59. The number of hydrogen-bond donors (Lipinski definition) is 0. The molecule has 2 aromatic rings. The van der Waals surface area contributed by atoms with Crippen molar-refractivity contribution in [1.82, 2.24) is 4.31 Å². The fourth-order valence-electron chi connectivity index (χ4n) is 3.51. The summed E-state index contributed by atoms with van der Waals surface area (Å²) in [4.78, 5) is 14.6. The van der Waals surface area contributed by atoms with Crippen LogP contribution >= 0.6 is 11.6 Å². The average molecular weight is 437 g/mol. The first-order chi connectivity index (χ1) is 13.8. The number of carbonyl (C=O) groups excluding carboxylic acids is 1. The van der Waals surface area contributed by atoms with E-state index < -0.39 is 15.9 Å². The molecule has 0 radical (unpaired) electrons. The van der Waals surface area contributed by atoms with Gasteiger partial charge < -0.3 is 9.64 Å². The molecule has 2 aromatic carbocycles. The minimum atomic E-state index is -3.84. The predicted molar refractivity (Wildman–Crippen MR) is 114 cm³/mol. The molecule has 0 unspecified atom stereocenters. The van der Waals surface area contributed by atoms with E-state index in [0.29, 0.717) is 31.0 Å². The molecule has 1 saturated heterocycles. The van der Waals surface area contributed by atoms with Crippen molar-refractivity contribution in [2.24, 2.45) is 5.92 Å². The lowest BCUT2D eigenvalue weighted by Crippen LogP contribution is -2.46. The zero-order valence-corrected chi connectivity index (χ0v) is 18.1. The van der Waals surface area contributed by atoms with Gasteiger partial charge in [-0.1, -0.05) is 29.8 Å². The van der Waals surface area contributed by atoms with Crippen molar-refractivity contribution in [3.63, 3.8) is 0 Å². The standard InChI is InChI=1S/C21H25ClN2O4S/c1-3-28-19-12-11-17(22)14-20(19)29(26,27)24-13-7-8-16(15-24)21(25)23(2)18-9-5-4-6-10-18/h4-6,9-12,14,16H,3,7-8,13,15H2,1-2H3/t16-/m0/s1. The molecule has 6 nitrogen and oxygen atoms in total. The van der Waals surface area contributed by atoms with Crippen LogP contribution in [-0.2, 0) is 14.8 Å². The summed E-state index contributed by atoms with van der Waals surface area (Å²) in [6, 6.07) is 13.9. The molecule has 0 aromatic heterocycles. The third-order valence-electron chi connectivity index (χ3n) is 5.03. The second-order valence-corrected chi connectivity index (χ2v) is 9.30. The largest absolute Gasteiger partial charge is 0.492 e. The Bertz CT molecular complexity index is 966. The number of carbonyl (C=O) groups is 1. The van der Waals surface area contributed by atoms with Crippen LogP contribution in [0.25, 0.3) is 0 Å². The summed E-state index contributed by atoms with van der Waals surface area (Å²) in [5.41, 5.74) is 0.783. The number of anilines is 1. The number of amides is 1. The molecule has 0 bridgehead atoms. The first-order valence-corrected chi connectivity index (χ1v) is 11.4. The zero-order chi connectivity index (χ0) is 21.0. The van der Waals surface area contributed by atoms with Crippen molar-refractivity contribution in [2.45, 2.75) is 24.7 Å². The van der Waals surface area contributed by atoms with Gasteiger partial charge in [0.05, 0.1) is 12.5 Å². The summed E-state index contributed by atoms with van der Waals surface area (Å²) >= 11 is 6.05. The topological polar surface area (TPSA) is 66.9 Å². The Hall–Kier alpha value is -2.09. The normalized spacial score (nSPS) is 17.7. The van der Waals surface area contributed by atoms with Crippen molar-refractivity contribution in [1.29, 1.82) is 0 Å². The maximum absolute atomic E-state index is 13.3. The van der Waals surface area contributed by atoms with E-state index in [1.165, 1.54) is 10.4 Å². The second kappa shape index (κ2) is 9.15. The number of ether oxygens (including phenoxy) is 1. The van der Waals surface area contributed by atoms with Crippen LogP contribution in [0.1, 0.15) is 19.8 Å². The minimum Gasteiger partial charge on any atom is -0.492 e. The van der Waals surface area contributed by atoms with E-state index in [1.807, 2.05) is 30.3 Å². The number of benzene rings is 2. The summed E-state index contributed by atoms with van der Waals surface area (Å²) in [6.45, 7) is 2.63. The van der Waals surface area contributed by atoms with Crippen LogP contribution in [0.3, 0.4) is 0 Å². The van der Waals surface area contributed by atoms with Gasteiger partial charge in [0, 0.05) is 30.8 Å². The van der Waals surface area contributed by atoms with Crippen LogP contribution in [-0.4, -0.2) is 45.4 Å². The average Bonchev–Trinajstić information content (AvgIpc) is 2.74. The van der Waals surface area contributed by atoms with Gasteiger partial charge in [0.1, 0.15) is 10.6 Å². The SMILES string of the molecule is CCOc1ccc(Cl)cc1S(=O)(=O)N1CCC[C@H](C(=O)N(C)c2ccccc2)C1. The third kappa shape index (κ3) is 4.74. The van der Waals surface area contributed by atoms with E-state index in [9.17, 15) is 13.2 Å². The lowest BCUT2D eigenvalue weighted by Gasteiger charge is -2.33. The molecule has 0 N–H and O–H groups in total. The molecular weight excluding hydrogens is 412 g/mol. The molecule has 0 saturated carbocycles. The van der Waals surface area contributed by atoms with Gasteiger partial charge >= 0.3 is 0 Å². The number of piperidine rings is 1. The molecule has 3 rings (SSSR count). The number of para-hydroxylation sites is 1. The lowest BCUT2D eigenvalue weighted by atomic mass is 9.98. The quantitative estimate of drug-likeness (QED) is 0.690. The molecule has 1 aliphatic rings. The summed E-state index contributed by atoms with van der Waals surface area (Å²) in [5, 5.41) is 0.320. The van der Waals surface area contributed by atoms with Gasteiger partial charge in [-0.25, -0.2) is 8.42 Å². The first kappa shape index (κ1) is 21.6. The van der Waals surface area contributed by atoms with Crippen molar-refractivity contribution in [3.05, 3.63) is 53.6 Å². The number of hydrogen-bond acceptors (Lipinski definition) is 4. The number of rotatable bonds is 6. The van der Waals surface area contributed by atoms with E-state index >= 15 is 0 Å². The van der Waals surface area contributed by atoms with Gasteiger partial charge in [0.15, 0.2) is 0 Å². The smallest absolute Gasteiger partial charge is 0.246 e. The highest BCUT2D eigenvalue weighted by Gasteiger charge is 2.36. The van der Waals surface area contributed by atoms with Crippen molar-refractivity contribution >= 4 is 33.2 Å². The van der Waals surface area contributed by atoms with Gasteiger partial charge in [-0.2, -0.15) is 4.31 Å². The fourth-order valence-corrected chi connectivity index (χ4v) is 5.43. The van der Waals surface area contributed by atoms with Gasteiger partial charge in [-0.15, -0.1) is 0 Å². The van der Waals surface area contributed by atoms with Gasteiger partial charge in [-0.3, -0.25) is 4.79 Å². The Kier molecular flexibility index (Phi) is 6.82. The van der Waals surface area contributed by atoms with E-state index in [2.05, 4.69) is 0 Å². The monoisotopic (exact) mass is 436 g/mol. The van der Waals surface area contributed by atoms with E-state index in [4.69, 9.17) is 16.3 Å². The van der Waals surface area contributed by atoms with E-state index in [1.54, 1.807) is 31.0 Å². The van der Waals surface area contributed by atoms with Crippen LogP contribution in [0, 0.1) is 5.92 Å². The molecular formula is C21H25ClN2O4S.